The number of methoxy groups -OCH3 is 2. The van der Waals surface area contributed by atoms with Crippen molar-refractivity contribution in [2.75, 3.05) is 14.2 Å². The van der Waals surface area contributed by atoms with Crippen LogP contribution in [0, 0.1) is 12.7 Å². The van der Waals surface area contributed by atoms with Crippen LogP contribution in [-0.4, -0.2) is 40.4 Å². The zero-order valence-electron chi connectivity index (χ0n) is 16.9. The Bertz CT molecular complexity index is 1120. The Morgan fingerprint density at radius 3 is 2.77 bits per heavy atom. The van der Waals surface area contributed by atoms with Crippen LogP contribution in [0.1, 0.15) is 41.7 Å². The number of hydrogen-bond donors (Lipinski definition) is 0. The number of hydrogen-bond acceptors (Lipinski definition) is 6. The molecule has 0 unspecified atom stereocenters. The number of benzene rings is 1. The summed E-state index contributed by atoms with van der Waals surface area (Å²) in [6.07, 6.45) is 3.97. The van der Waals surface area contributed by atoms with Gasteiger partial charge in [-0.1, -0.05) is 6.07 Å². The van der Waals surface area contributed by atoms with Crippen molar-refractivity contribution in [2.24, 2.45) is 4.99 Å². The van der Waals surface area contributed by atoms with Gasteiger partial charge in [-0.2, -0.15) is 0 Å². The largest absolute Gasteiger partial charge is 0.494 e. The topological polar surface area (TPSA) is 78.6 Å². The molecule has 0 N–H and O–H groups in total. The number of aliphatic imine (C=N–C) groups is 1. The van der Waals surface area contributed by atoms with Crippen molar-refractivity contribution in [3.8, 4) is 11.4 Å². The Hall–Kier alpha value is -3.55. The molecule has 0 fully saturated rings. The molecule has 0 bridgehead atoms. The summed E-state index contributed by atoms with van der Waals surface area (Å²) < 4.78 is 26.6. The molecule has 1 atom stereocenters. The minimum Gasteiger partial charge on any atom is -0.494 e. The molecule has 0 radical (unpaired) electrons. The molecule has 1 aliphatic heterocycles. The Morgan fingerprint density at radius 1 is 1.23 bits per heavy atom. The van der Waals surface area contributed by atoms with Crippen molar-refractivity contribution >= 4 is 11.7 Å². The van der Waals surface area contributed by atoms with Gasteiger partial charge in [0.05, 0.1) is 31.3 Å². The predicted molar refractivity (Wildman–Crippen MR) is 109 cm³/mol. The summed E-state index contributed by atoms with van der Waals surface area (Å²) in [6.45, 7) is 1.89. The molecular formula is C22H21FN4O3. The van der Waals surface area contributed by atoms with E-state index in [1.54, 1.807) is 18.5 Å². The molecule has 3 aromatic rings. The molecule has 1 aliphatic rings. The maximum absolute atomic E-state index is 14.7. The van der Waals surface area contributed by atoms with Gasteiger partial charge in [-0.25, -0.2) is 9.37 Å². The lowest BCUT2D eigenvalue weighted by Gasteiger charge is -2.15. The molecule has 154 valence electrons. The standard InChI is InChI=1S/C22H21FN4O3/c1-13-12-25-22-17(7-8-20(28)30-3)26-21(16-6-4-5-9-24-16)14-10-19(29-2)15(23)11-18(14)27(13)22/h4-6,9-12,17H,7-8H2,1-3H3/t17-/m0/s1. The molecule has 0 aliphatic carbocycles. The molecule has 4 rings (SSSR count). The smallest absolute Gasteiger partial charge is 0.305 e. The summed E-state index contributed by atoms with van der Waals surface area (Å²) in [4.78, 5) is 25.7. The van der Waals surface area contributed by atoms with Gasteiger partial charge in [-0.05, 0) is 31.5 Å². The Morgan fingerprint density at radius 2 is 2.07 bits per heavy atom. The molecule has 8 heteroatoms. The minimum absolute atomic E-state index is 0.115. The van der Waals surface area contributed by atoms with Crippen molar-refractivity contribution < 1.29 is 18.7 Å². The van der Waals surface area contributed by atoms with Crippen LogP contribution in [0.15, 0.2) is 47.7 Å². The molecule has 0 amide bonds. The molecule has 0 saturated heterocycles. The van der Waals surface area contributed by atoms with E-state index in [0.717, 1.165) is 5.69 Å². The van der Waals surface area contributed by atoms with Crippen LogP contribution < -0.4 is 4.74 Å². The van der Waals surface area contributed by atoms with Crippen molar-refractivity contribution in [1.29, 1.82) is 0 Å². The number of pyridine rings is 1. The summed E-state index contributed by atoms with van der Waals surface area (Å²) in [5.41, 5.74) is 3.33. The third kappa shape index (κ3) is 3.45. The van der Waals surface area contributed by atoms with Gasteiger partial charge in [0, 0.05) is 36.1 Å². The Labute approximate surface area is 173 Å². The lowest BCUT2D eigenvalue weighted by molar-refractivity contribution is -0.140. The van der Waals surface area contributed by atoms with E-state index in [2.05, 4.69) is 9.97 Å². The van der Waals surface area contributed by atoms with Gasteiger partial charge in [-0.3, -0.25) is 19.3 Å². The normalized spacial score (nSPS) is 14.9. The molecule has 30 heavy (non-hydrogen) atoms. The number of imidazole rings is 1. The van der Waals surface area contributed by atoms with Crippen LogP contribution in [0.3, 0.4) is 0 Å². The monoisotopic (exact) mass is 408 g/mol. The summed E-state index contributed by atoms with van der Waals surface area (Å²) in [5.74, 6) is -0.0598. The van der Waals surface area contributed by atoms with Crippen LogP contribution in [-0.2, 0) is 9.53 Å². The zero-order chi connectivity index (χ0) is 21.3. The second-order valence-corrected chi connectivity index (χ2v) is 6.92. The van der Waals surface area contributed by atoms with Gasteiger partial charge in [0.1, 0.15) is 11.9 Å². The van der Waals surface area contributed by atoms with Gasteiger partial charge in [0.2, 0.25) is 0 Å². The van der Waals surface area contributed by atoms with E-state index in [-0.39, 0.29) is 18.1 Å². The van der Waals surface area contributed by atoms with Gasteiger partial charge < -0.3 is 9.47 Å². The van der Waals surface area contributed by atoms with E-state index in [0.29, 0.717) is 34.9 Å². The van der Waals surface area contributed by atoms with Crippen LogP contribution >= 0.6 is 0 Å². The number of halogens is 1. The fourth-order valence-corrected chi connectivity index (χ4v) is 3.62. The average Bonchev–Trinajstić information content (AvgIpc) is 3.09. The number of aromatic nitrogens is 3. The molecular weight excluding hydrogens is 387 g/mol. The maximum atomic E-state index is 14.7. The SMILES string of the molecule is COC(=O)CC[C@@H]1N=C(c2ccccn2)c2cc(OC)c(F)cc2-n2c(C)cnc21. The number of rotatable bonds is 5. The van der Waals surface area contributed by atoms with Crippen LogP contribution in [0.4, 0.5) is 4.39 Å². The highest BCUT2D eigenvalue weighted by molar-refractivity contribution is 6.14. The van der Waals surface area contributed by atoms with Gasteiger partial charge in [-0.15, -0.1) is 0 Å². The van der Waals surface area contributed by atoms with Crippen LogP contribution in [0.25, 0.3) is 5.69 Å². The molecule has 0 saturated carbocycles. The zero-order valence-corrected chi connectivity index (χ0v) is 16.9. The first-order valence-electron chi connectivity index (χ1n) is 9.52. The van der Waals surface area contributed by atoms with Crippen LogP contribution in [0.5, 0.6) is 5.75 Å². The van der Waals surface area contributed by atoms with Crippen molar-refractivity contribution in [1.82, 2.24) is 14.5 Å². The number of ether oxygens (including phenoxy) is 2. The van der Waals surface area contributed by atoms with E-state index < -0.39 is 11.9 Å². The highest BCUT2D eigenvalue weighted by Gasteiger charge is 2.29. The Balaban J connectivity index is 1.97. The molecule has 1 aromatic carbocycles. The lowest BCUT2D eigenvalue weighted by Crippen LogP contribution is -2.10. The van der Waals surface area contributed by atoms with Crippen molar-refractivity contribution in [3.05, 3.63) is 71.3 Å². The second-order valence-electron chi connectivity index (χ2n) is 6.92. The fraction of sp³-hybridized carbons (Fsp3) is 0.273. The molecule has 2 aromatic heterocycles. The average molecular weight is 408 g/mol. The minimum atomic E-state index is -0.483. The molecule has 7 nitrogen and oxygen atoms in total. The molecule has 3 heterocycles. The van der Waals surface area contributed by atoms with E-state index in [9.17, 15) is 9.18 Å². The number of aryl methyl sites for hydroxylation is 1. The summed E-state index contributed by atoms with van der Waals surface area (Å²) >= 11 is 0. The predicted octanol–water partition coefficient (Wildman–Crippen LogP) is 3.57. The summed E-state index contributed by atoms with van der Waals surface area (Å²) in [5, 5.41) is 0. The van der Waals surface area contributed by atoms with Crippen molar-refractivity contribution in [3.63, 3.8) is 0 Å². The van der Waals surface area contributed by atoms with E-state index in [1.165, 1.54) is 20.3 Å². The highest BCUT2D eigenvalue weighted by atomic mass is 19.1. The van der Waals surface area contributed by atoms with E-state index in [4.69, 9.17) is 14.5 Å². The van der Waals surface area contributed by atoms with Crippen molar-refractivity contribution in [2.45, 2.75) is 25.8 Å². The number of carbonyl (C=O) groups is 1. The summed E-state index contributed by atoms with van der Waals surface area (Å²) in [6, 6.07) is 8.14. The lowest BCUT2D eigenvalue weighted by atomic mass is 10.0. The van der Waals surface area contributed by atoms with Gasteiger partial charge in [0.15, 0.2) is 11.6 Å². The third-order valence-electron chi connectivity index (χ3n) is 5.07. The Kier molecular flexibility index (Phi) is 5.31. The van der Waals surface area contributed by atoms with E-state index in [1.807, 2.05) is 29.7 Å². The highest BCUT2D eigenvalue weighted by Crippen LogP contribution is 2.36. The van der Waals surface area contributed by atoms with Gasteiger partial charge in [0.25, 0.3) is 0 Å². The molecule has 0 spiro atoms. The first-order valence-corrected chi connectivity index (χ1v) is 9.52. The second kappa shape index (κ2) is 8.06. The third-order valence-corrected chi connectivity index (χ3v) is 5.07. The van der Waals surface area contributed by atoms with Gasteiger partial charge >= 0.3 is 5.97 Å². The van der Waals surface area contributed by atoms with E-state index >= 15 is 0 Å². The quantitative estimate of drug-likeness (QED) is 0.603. The fourth-order valence-electron chi connectivity index (χ4n) is 3.62. The van der Waals surface area contributed by atoms with Crippen LogP contribution in [0.2, 0.25) is 0 Å². The number of carbonyl (C=O) groups excluding carboxylic acids is 1. The number of fused-ring (bicyclic) bond motifs is 3. The first kappa shape index (κ1) is 19.8. The summed E-state index contributed by atoms with van der Waals surface area (Å²) in [7, 11) is 2.78. The first-order chi connectivity index (χ1) is 14.5. The number of nitrogens with zero attached hydrogens (tertiary/aromatic N) is 4. The maximum Gasteiger partial charge on any atom is 0.305 e. The number of esters is 1.